The van der Waals surface area contributed by atoms with Crippen LogP contribution in [0.25, 0.3) is 0 Å². The van der Waals surface area contributed by atoms with Gasteiger partial charge in [-0.1, -0.05) is 23.7 Å². The molecule has 0 aliphatic rings. The van der Waals surface area contributed by atoms with E-state index in [-0.39, 0.29) is 5.91 Å². The number of halogens is 1. The summed E-state index contributed by atoms with van der Waals surface area (Å²) in [7, 11) is 1.64. The van der Waals surface area contributed by atoms with E-state index in [1.54, 1.807) is 43.1 Å². The molecule has 0 heterocycles. The highest BCUT2D eigenvalue weighted by Gasteiger charge is 2.03. The Morgan fingerprint density at radius 2 is 1.81 bits per heavy atom. The van der Waals surface area contributed by atoms with Crippen LogP contribution in [0.2, 0.25) is 5.02 Å². The lowest BCUT2D eigenvalue weighted by atomic mass is 10.2. The smallest absolute Gasteiger partial charge is 0.234 e. The minimum atomic E-state index is -0.0177. The molecule has 110 valence electrons. The van der Waals surface area contributed by atoms with Gasteiger partial charge >= 0.3 is 0 Å². The third kappa shape index (κ3) is 5.33. The minimum absolute atomic E-state index is 0.0177. The van der Waals surface area contributed by atoms with Gasteiger partial charge in [-0.3, -0.25) is 4.79 Å². The maximum Gasteiger partial charge on any atom is 0.234 e. The third-order valence-electron chi connectivity index (χ3n) is 2.79. The Balaban J connectivity index is 1.74. The van der Waals surface area contributed by atoms with Crippen molar-refractivity contribution in [2.75, 3.05) is 18.2 Å². The molecule has 0 fully saturated rings. The van der Waals surface area contributed by atoms with E-state index in [1.165, 1.54) is 5.56 Å². The number of hydrogen-bond acceptors (Lipinski definition) is 3. The SMILES string of the molecule is COc1ccc(CSCC(=O)Nc2ccc(Cl)cc2)cc1. The molecule has 0 saturated heterocycles. The second-order valence-electron chi connectivity index (χ2n) is 4.40. The first-order valence-electron chi connectivity index (χ1n) is 6.43. The summed E-state index contributed by atoms with van der Waals surface area (Å²) in [6.45, 7) is 0. The van der Waals surface area contributed by atoms with Gasteiger partial charge in [0, 0.05) is 16.5 Å². The maximum absolute atomic E-state index is 11.8. The molecule has 2 rings (SSSR count). The summed E-state index contributed by atoms with van der Waals surface area (Å²) in [6.07, 6.45) is 0. The number of amides is 1. The summed E-state index contributed by atoms with van der Waals surface area (Å²) >= 11 is 7.37. The highest BCUT2D eigenvalue weighted by atomic mass is 35.5. The average molecular weight is 322 g/mol. The van der Waals surface area contributed by atoms with Crippen LogP contribution in [0.5, 0.6) is 5.75 Å². The van der Waals surface area contributed by atoms with Gasteiger partial charge in [-0.05, 0) is 42.0 Å². The molecule has 0 radical (unpaired) electrons. The lowest BCUT2D eigenvalue weighted by molar-refractivity contribution is -0.113. The topological polar surface area (TPSA) is 38.3 Å². The van der Waals surface area contributed by atoms with Crippen molar-refractivity contribution in [3.05, 3.63) is 59.1 Å². The van der Waals surface area contributed by atoms with Crippen LogP contribution in [0.3, 0.4) is 0 Å². The van der Waals surface area contributed by atoms with Crippen molar-refractivity contribution >= 4 is 35.0 Å². The molecule has 1 amide bonds. The quantitative estimate of drug-likeness (QED) is 0.865. The van der Waals surface area contributed by atoms with E-state index < -0.39 is 0 Å². The molecule has 5 heteroatoms. The number of methoxy groups -OCH3 is 1. The van der Waals surface area contributed by atoms with Gasteiger partial charge in [-0.15, -0.1) is 11.8 Å². The standard InChI is InChI=1S/C16H16ClNO2S/c1-20-15-8-2-12(3-9-15)10-21-11-16(19)18-14-6-4-13(17)5-7-14/h2-9H,10-11H2,1H3,(H,18,19). The highest BCUT2D eigenvalue weighted by Crippen LogP contribution is 2.17. The van der Waals surface area contributed by atoms with Crippen molar-refractivity contribution in [1.82, 2.24) is 0 Å². The molecule has 0 atom stereocenters. The van der Waals surface area contributed by atoms with Crippen LogP contribution in [0.1, 0.15) is 5.56 Å². The molecule has 0 aliphatic heterocycles. The Bertz CT molecular complexity index is 584. The Hall–Kier alpha value is -1.65. The van der Waals surface area contributed by atoms with Crippen LogP contribution in [0, 0.1) is 0 Å². The molecule has 0 aliphatic carbocycles. The Kier molecular flexibility index (Phi) is 5.96. The number of rotatable bonds is 6. The lowest BCUT2D eigenvalue weighted by Crippen LogP contribution is -2.14. The molecule has 3 nitrogen and oxygen atoms in total. The number of ether oxygens (including phenoxy) is 1. The normalized spacial score (nSPS) is 10.2. The molecular weight excluding hydrogens is 306 g/mol. The fraction of sp³-hybridized carbons (Fsp3) is 0.188. The van der Waals surface area contributed by atoms with Crippen LogP contribution in [-0.2, 0) is 10.5 Å². The largest absolute Gasteiger partial charge is 0.497 e. The lowest BCUT2D eigenvalue weighted by Gasteiger charge is -2.06. The average Bonchev–Trinajstić information content (AvgIpc) is 2.50. The van der Waals surface area contributed by atoms with Gasteiger partial charge in [0.2, 0.25) is 5.91 Å². The monoisotopic (exact) mass is 321 g/mol. The maximum atomic E-state index is 11.8. The van der Waals surface area contributed by atoms with Crippen molar-refractivity contribution < 1.29 is 9.53 Å². The van der Waals surface area contributed by atoms with Gasteiger partial charge in [-0.2, -0.15) is 0 Å². The predicted molar refractivity (Wildman–Crippen MR) is 89.2 cm³/mol. The van der Waals surface area contributed by atoms with Gasteiger partial charge in [0.25, 0.3) is 0 Å². The number of anilines is 1. The highest BCUT2D eigenvalue weighted by molar-refractivity contribution is 7.99. The zero-order chi connectivity index (χ0) is 15.1. The predicted octanol–water partition coefficient (Wildman–Crippen LogP) is 4.22. The van der Waals surface area contributed by atoms with E-state index in [1.807, 2.05) is 24.3 Å². The summed E-state index contributed by atoms with van der Waals surface area (Å²) in [6, 6.07) is 14.9. The minimum Gasteiger partial charge on any atom is -0.497 e. The number of hydrogen-bond donors (Lipinski definition) is 1. The fourth-order valence-electron chi connectivity index (χ4n) is 1.71. The second-order valence-corrected chi connectivity index (χ2v) is 5.82. The molecular formula is C16H16ClNO2S. The molecule has 21 heavy (non-hydrogen) atoms. The van der Waals surface area contributed by atoms with Crippen LogP contribution in [-0.4, -0.2) is 18.8 Å². The summed E-state index contributed by atoms with van der Waals surface area (Å²) in [5.74, 6) is 2.02. The van der Waals surface area contributed by atoms with Crippen molar-refractivity contribution in [2.24, 2.45) is 0 Å². The summed E-state index contributed by atoms with van der Waals surface area (Å²) in [4.78, 5) is 11.8. The number of carbonyl (C=O) groups excluding carboxylic acids is 1. The summed E-state index contributed by atoms with van der Waals surface area (Å²) < 4.78 is 5.11. The van der Waals surface area contributed by atoms with Gasteiger partial charge in [-0.25, -0.2) is 0 Å². The van der Waals surface area contributed by atoms with E-state index >= 15 is 0 Å². The van der Waals surface area contributed by atoms with Crippen molar-refractivity contribution in [3.8, 4) is 5.75 Å². The van der Waals surface area contributed by atoms with Gasteiger partial charge in [0.1, 0.15) is 5.75 Å². The van der Waals surface area contributed by atoms with E-state index in [9.17, 15) is 4.79 Å². The third-order valence-corrected chi connectivity index (χ3v) is 4.04. The number of thioether (sulfide) groups is 1. The summed E-state index contributed by atoms with van der Waals surface area (Å²) in [5, 5.41) is 3.49. The Labute approximate surface area is 133 Å². The van der Waals surface area contributed by atoms with E-state index in [0.717, 1.165) is 17.2 Å². The molecule has 1 N–H and O–H groups in total. The van der Waals surface area contributed by atoms with Crippen LogP contribution < -0.4 is 10.1 Å². The number of benzene rings is 2. The van der Waals surface area contributed by atoms with Gasteiger partial charge in [0.05, 0.1) is 12.9 Å². The number of nitrogens with one attached hydrogen (secondary N) is 1. The molecule has 0 unspecified atom stereocenters. The first-order valence-corrected chi connectivity index (χ1v) is 7.97. The van der Waals surface area contributed by atoms with E-state index in [2.05, 4.69) is 5.32 Å². The molecule has 2 aromatic rings. The van der Waals surface area contributed by atoms with Crippen LogP contribution in [0.4, 0.5) is 5.69 Å². The molecule has 0 saturated carbocycles. The van der Waals surface area contributed by atoms with Crippen molar-refractivity contribution in [1.29, 1.82) is 0 Å². The molecule has 0 bridgehead atoms. The first kappa shape index (κ1) is 15.7. The number of carbonyl (C=O) groups is 1. The Morgan fingerprint density at radius 3 is 2.43 bits per heavy atom. The van der Waals surface area contributed by atoms with Crippen LogP contribution >= 0.6 is 23.4 Å². The van der Waals surface area contributed by atoms with E-state index in [0.29, 0.717) is 10.8 Å². The van der Waals surface area contributed by atoms with Gasteiger partial charge < -0.3 is 10.1 Å². The van der Waals surface area contributed by atoms with E-state index in [4.69, 9.17) is 16.3 Å². The van der Waals surface area contributed by atoms with Crippen molar-refractivity contribution in [2.45, 2.75) is 5.75 Å². The van der Waals surface area contributed by atoms with Gasteiger partial charge in [0.15, 0.2) is 0 Å². The second kappa shape index (κ2) is 7.96. The van der Waals surface area contributed by atoms with Crippen LogP contribution in [0.15, 0.2) is 48.5 Å². The zero-order valence-corrected chi connectivity index (χ0v) is 13.2. The fourth-order valence-corrected chi connectivity index (χ4v) is 2.63. The molecule has 0 spiro atoms. The first-order chi connectivity index (χ1) is 10.2. The molecule has 2 aromatic carbocycles. The molecule has 0 aromatic heterocycles. The Morgan fingerprint density at radius 1 is 1.14 bits per heavy atom. The summed E-state index contributed by atoms with van der Waals surface area (Å²) in [5.41, 5.74) is 1.93. The van der Waals surface area contributed by atoms with Crippen molar-refractivity contribution in [3.63, 3.8) is 0 Å². The zero-order valence-electron chi connectivity index (χ0n) is 11.6.